The van der Waals surface area contributed by atoms with Crippen LogP contribution >= 0.6 is 0 Å². The summed E-state index contributed by atoms with van der Waals surface area (Å²) in [7, 11) is 1.76. The fourth-order valence-corrected chi connectivity index (χ4v) is 3.26. The molecule has 8 heteroatoms. The maximum atomic E-state index is 12.3. The smallest absolute Gasteiger partial charge is 0.269 e. The molecule has 0 aliphatic carbocycles. The van der Waals surface area contributed by atoms with E-state index < -0.39 is 0 Å². The van der Waals surface area contributed by atoms with Crippen LogP contribution in [0.5, 0.6) is 0 Å². The molecule has 134 valence electrons. The Hall–Kier alpha value is -2.48. The normalized spacial score (nSPS) is 18.2. The monoisotopic (exact) mass is 344 g/mol. The van der Waals surface area contributed by atoms with E-state index in [4.69, 9.17) is 0 Å². The van der Waals surface area contributed by atoms with Gasteiger partial charge in [0, 0.05) is 44.6 Å². The fourth-order valence-electron chi connectivity index (χ4n) is 3.26. The predicted octanol–water partition coefficient (Wildman–Crippen LogP) is 0.261. The van der Waals surface area contributed by atoms with E-state index in [-0.39, 0.29) is 17.5 Å². The lowest BCUT2D eigenvalue weighted by atomic mass is 10.0. The van der Waals surface area contributed by atoms with E-state index in [1.165, 1.54) is 10.7 Å². The van der Waals surface area contributed by atoms with Crippen molar-refractivity contribution in [3.63, 3.8) is 0 Å². The van der Waals surface area contributed by atoms with Crippen molar-refractivity contribution in [2.45, 2.75) is 31.8 Å². The molecule has 0 aromatic carbocycles. The molecule has 1 N–H and O–H groups in total. The number of hydrogen-bond acceptors (Lipinski definition) is 5. The number of nitrogens with zero attached hydrogens (tertiary/aromatic N) is 5. The van der Waals surface area contributed by atoms with Gasteiger partial charge in [-0.2, -0.15) is 10.2 Å². The molecule has 0 radical (unpaired) electrons. The van der Waals surface area contributed by atoms with Gasteiger partial charge in [0.05, 0.1) is 6.54 Å². The van der Waals surface area contributed by atoms with Crippen LogP contribution in [0.3, 0.4) is 0 Å². The molecule has 25 heavy (non-hydrogen) atoms. The summed E-state index contributed by atoms with van der Waals surface area (Å²) in [5.41, 5.74) is 0.475. The molecular formula is C17H24N6O2. The summed E-state index contributed by atoms with van der Waals surface area (Å²) in [6.07, 6.45) is 6.59. The topological polar surface area (TPSA) is 85.1 Å². The quantitative estimate of drug-likeness (QED) is 0.813. The first kappa shape index (κ1) is 17.3. The molecule has 1 fully saturated rings. The third-order valence-corrected chi connectivity index (χ3v) is 4.69. The van der Waals surface area contributed by atoms with Gasteiger partial charge in [-0.05, 0) is 31.5 Å². The number of piperidine rings is 1. The molecule has 0 spiro atoms. The van der Waals surface area contributed by atoms with E-state index in [1.807, 2.05) is 0 Å². The Bertz CT molecular complexity index is 768. The zero-order valence-electron chi connectivity index (χ0n) is 14.5. The molecule has 8 nitrogen and oxygen atoms in total. The molecule has 0 bridgehead atoms. The van der Waals surface area contributed by atoms with Crippen LogP contribution in [0.1, 0.15) is 29.8 Å². The maximum Gasteiger partial charge on any atom is 0.269 e. The average molecular weight is 344 g/mol. The van der Waals surface area contributed by atoms with Gasteiger partial charge in [-0.25, -0.2) is 4.68 Å². The summed E-state index contributed by atoms with van der Waals surface area (Å²) >= 11 is 0. The van der Waals surface area contributed by atoms with Gasteiger partial charge in [0.15, 0.2) is 0 Å². The molecule has 1 unspecified atom stereocenters. The highest BCUT2D eigenvalue weighted by molar-refractivity contribution is 5.92. The maximum absolute atomic E-state index is 12.3. The van der Waals surface area contributed by atoms with Crippen molar-refractivity contribution in [1.82, 2.24) is 29.8 Å². The van der Waals surface area contributed by atoms with Gasteiger partial charge < -0.3 is 5.32 Å². The number of rotatable bonds is 6. The zero-order chi connectivity index (χ0) is 17.6. The predicted molar refractivity (Wildman–Crippen MR) is 93.3 cm³/mol. The minimum Gasteiger partial charge on any atom is -0.349 e. The molecule has 1 atom stereocenters. The van der Waals surface area contributed by atoms with Gasteiger partial charge in [0.25, 0.3) is 11.5 Å². The van der Waals surface area contributed by atoms with Gasteiger partial charge in [0.2, 0.25) is 0 Å². The van der Waals surface area contributed by atoms with Crippen molar-refractivity contribution in [3.05, 3.63) is 46.6 Å². The summed E-state index contributed by atoms with van der Waals surface area (Å²) in [5.74, 6) is -0.105. The summed E-state index contributed by atoms with van der Waals surface area (Å²) < 4.78 is 3.06. The molecule has 1 aliphatic rings. The second-order valence-electron chi connectivity index (χ2n) is 6.32. The molecule has 2 aromatic heterocycles. The van der Waals surface area contributed by atoms with Crippen LogP contribution in [0.2, 0.25) is 0 Å². The molecule has 3 heterocycles. The second-order valence-corrected chi connectivity index (χ2v) is 6.32. The average Bonchev–Trinajstić information content (AvgIpc) is 3.06. The van der Waals surface area contributed by atoms with Crippen molar-refractivity contribution in [2.24, 2.45) is 7.05 Å². The van der Waals surface area contributed by atoms with Gasteiger partial charge in [0.1, 0.15) is 5.69 Å². The summed E-state index contributed by atoms with van der Waals surface area (Å²) in [6, 6.07) is 5.16. The standard InChI is InChI=1S/C17H24N6O2/c1-21-15(7-9-19-21)17(25)18-13-14-5-2-3-10-22(14)11-12-23-16(24)6-4-8-20-23/h4,6-9,14H,2-3,5,10-13H2,1H3,(H,18,25). The van der Waals surface area contributed by atoms with Gasteiger partial charge in [-0.15, -0.1) is 0 Å². The molecule has 0 saturated carbocycles. The van der Waals surface area contributed by atoms with Crippen LogP contribution in [0.15, 0.2) is 35.4 Å². The first-order valence-corrected chi connectivity index (χ1v) is 8.67. The number of aryl methyl sites for hydroxylation is 1. The fraction of sp³-hybridized carbons (Fsp3) is 0.529. The lowest BCUT2D eigenvalue weighted by Crippen LogP contribution is -2.48. The Balaban J connectivity index is 1.55. The number of likely N-dealkylation sites (tertiary alicyclic amines) is 1. The van der Waals surface area contributed by atoms with Crippen LogP contribution < -0.4 is 10.9 Å². The number of aromatic nitrogens is 4. The molecule has 1 amide bonds. The van der Waals surface area contributed by atoms with E-state index in [1.54, 1.807) is 36.3 Å². The first-order valence-electron chi connectivity index (χ1n) is 8.67. The van der Waals surface area contributed by atoms with Crippen molar-refractivity contribution in [1.29, 1.82) is 0 Å². The van der Waals surface area contributed by atoms with Crippen LogP contribution in [0.4, 0.5) is 0 Å². The number of hydrogen-bond donors (Lipinski definition) is 1. The minimum atomic E-state index is -0.105. The lowest BCUT2D eigenvalue weighted by molar-refractivity contribution is 0.0900. The number of amides is 1. The van der Waals surface area contributed by atoms with E-state index >= 15 is 0 Å². The van der Waals surface area contributed by atoms with E-state index in [2.05, 4.69) is 20.4 Å². The number of carbonyl (C=O) groups excluding carboxylic acids is 1. The van der Waals surface area contributed by atoms with E-state index in [0.717, 1.165) is 32.4 Å². The number of carbonyl (C=O) groups is 1. The number of nitrogens with one attached hydrogen (secondary N) is 1. The second kappa shape index (κ2) is 8.06. The summed E-state index contributed by atoms with van der Waals surface area (Å²) in [4.78, 5) is 26.4. The highest BCUT2D eigenvalue weighted by Gasteiger charge is 2.23. The minimum absolute atomic E-state index is 0.0828. The Morgan fingerprint density at radius 2 is 2.12 bits per heavy atom. The molecule has 3 rings (SSSR count). The highest BCUT2D eigenvalue weighted by atomic mass is 16.2. The van der Waals surface area contributed by atoms with Crippen molar-refractivity contribution in [2.75, 3.05) is 19.6 Å². The van der Waals surface area contributed by atoms with E-state index in [0.29, 0.717) is 18.8 Å². The molecule has 1 aliphatic heterocycles. The van der Waals surface area contributed by atoms with E-state index in [9.17, 15) is 9.59 Å². The molecular weight excluding hydrogens is 320 g/mol. The Morgan fingerprint density at radius 1 is 1.24 bits per heavy atom. The largest absolute Gasteiger partial charge is 0.349 e. The Kier molecular flexibility index (Phi) is 5.60. The zero-order valence-corrected chi connectivity index (χ0v) is 14.5. The van der Waals surface area contributed by atoms with Crippen LogP contribution in [0.25, 0.3) is 0 Å². The van der Waals surface area contributed by atoms with Crippen LogP contribution in [-0.4, -0.2) is 56.0 Å². The highest BCUT2D eigenvalue weighted by Crippen LogP contribution is 2.16. The van der Waals surface area contributed by atoms with Crippen LogP contribution in [-0.2, 0) is 13.6 Å². The van der Waals surface area contributed by atoms with Crippen molar-refractivity contribution in [3.8, 4) is 0 Å². The van der Waals surface area contributed by atoms with Gasteiger partial charge in [-0.3, -0.25) is 19.2 Å². The molecule has 1 saturated heterocycles. The Labute approximate surface area is 146 Å². The third-order valence-electron chi connectivity index (χ3n) is 4.69. The van der Waals surface area contributed by atoms with Crippen molar-refractivity contribution < 1.29 is 4.79 Å². The molecule has 2 aromatic rings. The van der Waals surface area contributed by atoms with Gasteiger partial charge >= 0.3 is 0 Å². The summed E-state index contributed by atoms with van der Waals surface area (Å²) in [6.45, 7) is 2.89. The van der Waals surface area contributed by atoms with Gasteiger partial charge in [-0.1, -0.05) is 6.42 Å². The summed E-state index contributed by atoms with van der Waals surface area (Å²) in [5, 5.41) is 11.1. The Morgan fingerprint density at radius 3 is 2.88 bits per heavy atom. The SMILES string of the molecule is Cn1nccc1C(=O)NCC1CCCCN1CCn1ncccc1=O. The lowest BCUT2D eigenvalue weighted by Gasteiger charge is -2.35. The first-order chi connectivity index (χ1) is 12.1. The van der Waals surface area contributed by atoms with Crippen LogP contribution in [0, 0.1) is 0 Å². The van der Waals surface area contributed by atoms with Crippen molar-refractivity contribution >= 4 is 5.91 Å². The third kappa shape index (κ3) is 4.33.